The maximum absolute atomic E-state index is 12.2. The fourth-order valence-corrected chi connectivity index (χ4v) is 4.67. The van der Waals surface area contributed by atoms with E-state index in [9.17, 15) is 4.79 Å². The number of rotatable bonds is 4. The van der Waals surface area contributed by atoms with Crippen LogP contribution in [0.2, 0.25) is 0 Å². The van der Waals surface area contributed by atoms with Gasteiger partial charge in [-0.05, 0) is 49.1 Å². The van der Waals surface area contributed by atoms with Gasteiger partial charge in [-0.3, -0.25) is 4.98 Å². The molecule has 1 aliphatic heterocycles. The van der Waals surface area contributed by atoms with Crippen LogP contribution >= 0.6 is 0 Å². The molecule has 5 rings (SSSR count). The lowest BCUT2D eigenvalue weighted by atomic mass is 9.98. The summed E-state index contributed by atoms with van der Waals surface area (Å²) < 4.78 is 7.29. The highest BCUT2D eigenvalue weighted by molar-refractivity contribution is 5.85. The Morgan fingerprint density at radius 2 is 1.97 bits per heavy atom. The number of pyridine rings is 1. The molecule has 0 saturated heterocycles. The number of imidazole rings is 1. The van der Waals surface area contributed by atoms with Crippen molar-refractivity contribution in [3.8, 4) is 11.4 Å². The van der Waals surface area contributed by atoms with E-state index in [0.29, 0.717) is 13.1 Å². The molecule has 1 amide bonds. The number of carbonyl (C=O) groups is 1. The lowest BCUT2D eigenvalue weighted by Crippen LogP contribution is -2.35. The van der Waals surface area contributed by atoms with Crippen molar-refractivity contribution in [1.82, 2.24) is 19.4 Å². The van der Waals surface area contributed by atoms with Crippen molar-refractivity contribution in [3.05, 3.63) is 83.7 Å². The molecule has 1 atom stereocenters. The average molecular weight is 427 g/mol. The predicted octanol–water partition coefficient (Wildman–Crippen LogP) is 5.03. The van der Waals surface area contributed by atoms with E-state index in [1.54, 1.807) is 11.1 Å². The molecule has 0 spiro atoms. The maximum Gasteiger partial charge on any atom is 0.409 e. The van der Waals surface area contributed by atoms with E-state index in [-0.39, 0.29) is 12.1 Å². The fourth-order valence-electron chi connectivity index (χ4n) is 4.67. The van der Waals surface area contributed by atoms with Crippen LogP contribution in [0.3, 0.4) is 0 Å². The van der Waals surface area contributed by atoms with Crippen LogP contribution < -0.4 is 0 Å². The summed E-state index contributed by atoms with van der Waals surface area (Å²) in [6, 6.07) is 19.1. The molecule has 0 bridgehead atoms. The molecule has 2 aromatic heterocycles. The van der Waals surface area contributed by atoms with Crippen LogP contribution in [0.1, 0.15) is 29.7 Å². The van der Waals surface area contributed by atoms with Gasteiger partial charge in [0.05, 0.1) is 24.7 Å². The van der Waals surface area contributed by atoms with Crippen molar-refractivity contribution >= 4 is 17.1 Å². The topological polar surface area (TPSA) is 60.2 Å². The van der Waals surface area contributed by atoms with Crippen LogP contribution in [0.15, 0.2) is 67.0 Å². The molecule has 1 aliphatic rings. The van der Waals surface area contributed by atoms with Crippen LogP contribution in [0.5, 0.6) is 0 Å². The molecule has 0 saturated carbocycles. The van der Waals surface area contributed by atoms with Gasteiger partial charge in [0.2, 0.25) is 0 Å². The smallest absolute Gasteiger partial charge is 0.409 e. The maximum atomic E-state index is 12.2. The minimum absolute atomic E-state index is 0.191. The van der Waals surface area contributed by atoms with E-state index in [1.165, 1.54) is 18.2 Å². The summed E-state index contributed by atoms with van der Waals surface area (Å²) in [5, 5.41) is 0. The Balaban J connectivity index is 1.65. The second-order valence-corrected chi connectivity index (χ2v) is 8.30. The quantitative estimate of drug-likeness (QED) is 0.459. The summed E-state index contributed by atoms with van der Waals surface area (Å²) in [7, 11) is 1.43. The number of amides is 1. The van der Waals surface area contributed by atoms with E-state index >= 15 is 0 Å². The van der Waals surface area contributed by atoms with E-state index in [4.69, 9.17) is 9.72 Å². The van der Waals surface area contributed by atoms with Gasteiger partial charge in [-0.15, -0.1) is 0 Å². The zero-order valence-electron chi connectivity index (χ0n) is 18.4. The number of ether oxygens (including phenoxy) is 1. The Labute approximate surface area is 187 Å². The lowest BCUT2D eigenvalue weighted by Gasteiger charge is -2.28. The van der Waals surface area contributed by atoms with Gasteiger partial charge in [-0.25, -0.2) is 9.78 Å². The summed E-state index contributed by atoms with van der Waals surface area (Å²) in [5.41, 5.74) is 6.66. The van der Waals surface area contributed by atoms with Gasteiger partial charge in [0.1, 0.15) is 5.82 Å². The molecule has 4 aromatic rings. The van der Waals surface area contributed by atoms with Crippen molar-refractivity contribution in [2.45, 2.75) is 32.4 Å². The number of nitrogens with zero attached hydrogens (tertiary/aromatic N) is 4. The number of methoxy groups -OCH3 is 1. The van der Waals surface area contributed by atoms with Gasteiger partial charge in [0.15, 0.2) is 0 Å². The number of fused-ring (bicyclic) bond motifs is 3. The van der Waals surface area contributed by atoms with Crippen molar-refractivity contribution in [1.29, 1.82) is 0 Å². The molecule has 3 heterocycles. The number of hydrogen-bond donors (Lipinski definition) is 0. The van der Waals surface area contributed by atoms with Crippen LogP contribution in [0.4, 0.5) is 4.79 Å². The zero-order chi connectivity index (χ0) is 22.1. The van der Waals surface area contributed by atoms with E-state index in [2.05, 4.69) is 52.9 Å². The summed E-state index contributed by atoms with van der Waals surface area (Å²) in [4.78, 5) is 23.4. The lowest BCUT2D eigenvalue weighted by molar-refractivity contribution is 0.119. The molecule has 6 heteroatoms. The third kappa shape index (κ3) is 3.62. The van der Waals surface area contributed by atoms with Crippen LogP contribution in [0.25, 0.3) is 22.4 Å². The first-order chi connectivity index (χ1) is 15.7. The van der Waals surface area contributed by atoms with Gasteiger partial charge in [-0.2, -0.15) is 0 Å². The Morgan fingerprint density at radius 1 is 1.12 bits per heavy atom. The Bertz CT molecular complexity index is 1250. The Morgan fingerprint density at radius 3 is 2.72 bits per heavy atom. The molecule has 0 aliphatic carbocycles. The van der Waals surface area contributed by atoms with Crippen LogP contribution in [-0.2, 0) is 24.1 Å². The number of carbonyl (C=O) groups excluding carboxylic acids is 1. The average Bonchev–Trinajstić information content (AvgIpc) is 3.25. The fraction of sp³-hybridized carbons (Fsp3) is 0.269. The van der Waals surface area contributed by atoms with E-state index in [0.717, 1.165) is 40.8 Å². The largest absolute Gasteiger partial charge is 0.453 e. The Kier molecular flexibility index (Phi) is 5.35. The molecule has 0 radical (unpaired) electrons. The second kappa shape index (κ2) is 8.46. The van der Waals surface area contributed by atoms with Crippen molar-refractivity contribution in [2.75, 3.05) is 13.7 Å². The summed E-state index contributed by atoms with van der Waals surface area (Å²) in [5.74, 6) is 0.903. The minimum atomic E-state index is -0.294. The van der Waals surface area contributed by atoms with E-state index in [1.807, 2.05) is 24.4 Å². The molecule has 0 fully saturated rings. The number of aromatic nitrogens is 3. The first-order valence-electron chi connectivity index (χ1n) is 11.0. The normalized spacial score (nSPS) is 14.2. The monoisotopic (exact) mass is 426 g/mol. The molecular formula is C26H26N4O2. The number of hydrogen-bond acceptors (Lipinski definition) is 4. The van der Waals surface area contributed by atoms with Gasteiger partial charge >= 0.3 is 6.09 Å². The molecule has 6 nitrogen and oxygen atoms in total. The van der Waals surface area contributed by atoms with Crippen LogP contribution in [-0.4, -0.2) is 39.2 Å². The van der Waals surface area contributed by atoms with Crippen molar-refractivity contribution < 1.29 is 9.53 Å². The van der Waals surface area contributed by atoms with Crippen molar-refractivity contribution in [2.24, 2.45) is 0 Å². The zero-order valence-corrected chi connectivity index (χ0v) is 18.4. The molecule has 32 heavy (non-hydrogen) atoms. The second-order valence-electron chi connectivity index (χ2n) is 8.30. The highest BCUT2D eigenvalue weighted by Crippen LogP contribution is 2.34. The minimum Gasteiger partial charge on any atom is -0.453 e. The van der Waals surface area contributed by atoms with Crippen LogP contribution in [0, 0.1) is 0 Å². The highest BCUT2D eigenvalue weighted by Gasteiger charge is 2.26. The SMILES string of the molecule is COC(=O)N1CCc2ccc3c(nc(-c4cccnc4)n3[C@@H](C)Cc3ccccc3)c2C1. The molecule has 0 unspecified atom stereocenters. The summed E-state index contributed by atoms with van der Waals surface area (Å²) in [6.07, 6.45) is 5.04. The summed E-state index contributed by atoms with van der Waals surface area (Å²) in [6.45, 7) is 3.40. The third-order valence-corrected chi connectivity index (χ3v) is 6.23. The third-order valence-electron chi connectivity index (χ3n) is 6.23. The van der Waals surface area contributed by atoms with Gasteiger partial charge in [-0.1, -0.05) is 36.4 Å². The van der Waals surface area contributed by atoms with Gasteiger partial charge < -0.3 is 14.2 Å². The van der Waals surface area contributed by atoms with E-state index < -0.39 is 0 Å². The Hall–Kier alpha value is -3.67. The molecular weight excluding hydrogens is 400 g/mol. The molecule has 162 valence electrons. The highest BCUT2D eigenvalue weighted by atomic mass is 16.5. The van der Waals surface area contributed by atoms with Crippen molar-refractivity contribution in [3.63, 3.8) is 0 Å². The summed E-state index contributed by atoms with van der Waals surface area (Å²) >= 11 is 0. The van der Waals surface area contributed by atoms with Gasteiger partial charge in [0.25, 0.3) is 0 Å². The molecule has 2 aromatic carbocycles. The standard InChI is InChI=1S/C26H26N4O2/c1-18(15-19-7-4-3-5-8-19)30-23-11-10-20-12-14-29(26(31)32-2)17-22(20)24(23)28-25(30)21-9-6-13-27-16-21/h3-11,13,16,18H,12,14-15,17H2,1-2H3/t18-/m0/s1. The first-order valence-corrected chi connectivity index (χ1v) is 11.0. The molecule has 0 N–H and O–H groups in total. The first kappa shape index (κ1) is 20.2. The number of benzene rings is 2. The van der Waals surface area contributed by atoms with Gasteiger partial charge in [0, 0.05) is 36.1 Å². The predicted molar refractivity (Wildman–Crippen MR) is 124 cm³/mol.